The number of halogens is 1. The molecular weight excluding hydrogens is 198 g/mol. The standard InChI is InChI=1S/C10H10ClN3/c11-8-2-1-7(10(12)6-8)5-9-3-4-13-14-9/h1-4,6H,5,12H2,(H,13,14). The lowest BCUT2D eigenvalue weighted by Crippen LogP contribution is -1.95. The van der Waals surface area contributed by atoms with Crippen LogP contribution in [0, 0.1) is 0 Å². The Bertz CT molecular complexity index is 423. The second-order valence-corrected chi connectivity index (χ2v) is 3.54. The molecule has 1 heterocycles. The molecule has 3 nitrogen and oxygen atoms in total. The van der Waals surface area contributed by atoms with E-state index in [2.05, 4.69) is 10.2 Å². The van der Waals surface area contributed by atoms with Gasteiger partial charge in [0, 0.05) is 29.0 Å². The number of nitrogens with zero attached hydrogens (tertiary/aromatic N) is 1. The van der Waals surface area contributed by atoms with Crippen LogP contribution in [0.15, 0.2) is 30.5 Å². The summed E-state index contributed by atoms with van der Waals surface area (Å²) in [6, 6.07) is 7.45. The molecule has 0 aliphatic heterocycles. The van der Waals surface area contributed by atoms with Crippen molar-refractivity contribution in [3.63, 3.8) is 0 Å². The Morgan fingerprint density at radius 1 is 1.36 bits per heavy atom. The van der Waals surface area contributed by atoms with E-state index in [9.17, 15) is 0 Å². The molecule has 1 aromatic heterocycles. The Hall–Kier alpha value is -1.48. The number of hydrogen-bond donors (Lipinski definition) is 2. The molecule has 2 aromatic rings. The van der Waals surface area contributed by atoms with Gasteiger partial charge in [-0.1, -0.05) is 17.7 Å². The van der Waals surface area contributed by atoms with Crippen LogP contribution in [0.2, 0.25) is 5.02 Å². The van der Waals surface area contributed by atoms with E-state index in [1.807, 2.05) is 18.2 Å². The minimum absolute atomic E-state index is 0.663. The molecule has 0 radical (unpaired) electrons. The maximum Gasteiger partial charge on any atom is 0.0490 e. The number of nitrogens with one attached hydrogen (secondary N) is 1. The monoisotopic (exact) mass is 207 g/mol. The first-order valence-corrected chi connectivity index (χ1v) is 4.65. The number of aromatic nitrogens is 2. The molecule has 4 heteroatoms. The van der Waals surface area contributed by atoms with Crippen molar-refractivity contribution < 1.29 is 0 Å². The first-order chi connectivity index (χ1) is 6.75. The van der Waals surface area contributed by atoms with Gasteiger partial charge in [-0.05, 0) is 23.8 Å². The van der Waals surface area contributed by atoms with Crippen LogP contribution >= 0.6 is 11.6 Å². The van der Waals surface area contributed by atoms with Crippen LogP contribution in [0.4, 0.5) is 5.69 Å². The zero-order chi connectivity index (χ0) is 9.97. The molecule has 3 N–H and O–H groups in total. The normalized spacial score (nSPS) is 10.4. The molecule has 0 spiro atoms. The van der Waals surface area contributed by atoms with Crippen molar-refractivity contribution in [1.82, 2.24) is 10.2 Å². The SMILES string of the molecule is Nc1cc(Cl)ccc1Cc1ccn[nH]1. The molecule has 0 saturated carbocycles. The summed E-state index contributed by atoms with van der Waals surface area (Å²) in [7, 11) is 0. The molecule has 0 unspecified atom stereocenters. The van der Waals surface area contributed by atoms with Crippen LogP contribution < -0.4 is 5.73 Å². The second-order valence-electron chi connectivity index (χ2n) is 3.10. The fraction of sp³-hybridized carbons (Fsp3) is 0.100. The molecule has 1 aromatic carbocycles. The van der Waals surface area contributed by atoms with Gasteiger partial charge < -0.3 is 5.73 Å². The van der Waals surface area contributed by atoms with Crippen molar-refractivity contribution in [3.8, 4) is 0 Å². The minimum atomic E-state index is 0.663. The Kier molecular flexibility index (Phi) is 2.41. The molecule has 0 atom stereocenters. The third-order valence-electron chi connectivity index (χ3n) is 2.05. The molecule has 0 amide bonds. The summed E-state index contributed by atoms with van der Waals surface area (Å²) in [5, 5.41) is 7.43. The second kappa shape index (κ2) is 3.72. The van der Waals surface area contributed by atoms with Gasteiger partial charge in [-0.15, -0.1) is 0 Å². The molecule has 72 valence electrons. The molecule has 14 heavy (non-hydrogen) atoms. The highest BCUT2D eigenvalue weighted by Crippen LogP contribution is 2.19. The smallest absolute Gasteiger partial charge is 0.0490 e. The highest BCUT2D eigenvalue weighted by molar-refractivity contribution is 6.30. The van der Waals surface area contributed by atoms with Gasteiger partial charge in [-0.2, -0.15) is 5.10 Å². The lowest BCUT2D eigenvalue weighted by Gasteiger charge is -2.03. The minimum Gasteiger partial charge on any atom is -0.398 e. The van der Waals surface area contributed by atoms with E-state index in [0.717, 1.165) is 17.7 Å². The van der Waals surface area contributed by atoms with E-state index in [0.29, 0.717) is 10.7 Å². The predicted octanol–water partition coefficient (Wildman–Crippen LogP) is 2.24. The Balaban J connectivity index is 2.25. The van der Waals surface area contributed by atoms with Gasteiger partial charge in [-0.3, -0.25) is 5.10 Å². The zero-order valence-corrected chi connectivity index (χ0v) is 8.25. The molecule has 2 rings (SSSR count). The summed E-state index contributed by atoms with van der Waals surface area (Å²) >= 11 is 5.80. The maximum absolute atomic E-state index is 5.82. The number of hydrogen-bond acceptors (Lipinski definition) is 2. The van der Waals surface area contributed by atoms with Crippen molar-refractivity contribution >= 4 is 17.3 Å². The van der Waals surface area contributed by atoms with Crippen molar-refractivity contribution in [3.05, 3.63) is 46.7 Å². The summed E-state index contributed by atoms with van der Waals surface area (Å²) in [5.41, 5.74) is 8.63. The molecule has 0 bridgehead atoms. The number of aromatic amines is 1. The first kappa shape index (κ1) is 9.09. The van der Waals surface area contributed by atoms with Crippen molar-refractivity contribution in [2.45, 2.75) is 6.42 Å². The van der Waals surface area contributed by atoms with Gasteiger partial charge in [0.05, 0.1) is 0 Å². The topological polar surface area (TPSA) is 54.7 Å². The van der Waals surface area contributed by atoms with Gasteiger partial charge >= 0.3 is 0 Å². The summed E-state index contributed by atoms with van der Waals surface area (Å²) < 4.78 is 0. The van der Waals surface area contributed by atoms with E-state index >= 15 is 0 Å². The summed E-state index contributed by atoms with van der Waals surface area (Å²) in [4.78, 5) is 0. The van der Waals surface area contributed by atoms with Gasteiger partial charge in [0.1, 0.15) is 0 Å². The lowest BCUT2D eigenvalue weighted by molar-refractivity contribution is 0.998. The van der Waals surface area contributed by atoms with Crippen LogP contribution in [0.3, 0.4) is 0 Å². The Morgan fingerprint density at radius 3 is 2.86 bits per heavy atom. The van der Waals surface area contributed by atoms with E-state index < -0.39 is 0 Å². The molecule has 0 aliphatic rings. The predicted molar refractivity (Wildman–Crippen MR) is 57.3 cm³/mol. The number of nitrogen functional groups attached to an aromatic ring is 1. The highest BCUT2D eigenvalue weighted by atomic mass is 35.5. The van der Waals surface area contributed by atoms with E-state index in [1.165, 1.54) is 0 Å². The van der Waals surface area contributed by atoms with Gasteiger partial charge in [-0.25, -0.2) is 0 Å². The quantitative estimate of drug-likeness (QED) is 0.743. The molecule has 0 fully saturated rings. The summed E-state index contributed by atoms with van der Waals surface area (Å²) in [6.45, 7) is 0. The Labute approximate surface area is 86.9 Å². The van der Waals surface area contributed by atoms with E-state index in [4.69, 9.17) is 17.3 Å². The van der Waals surface area contributed by atoms with Crippen molar-refractivity contribution in [1.29, 1.82) is 0 Å². The van der Waals surface area contributed by atoms with Crippen LogP contribution in [-0.4, -0.2) is 10.2 Å². The third-order valence-corrected chi connectivity index (χ3v) is 2.28. The fourth-order valence-electron chi connectivity index (χ4n) is 1.32. The van der Waals surface area contributed by atoms with Crippen molar-refractivity contribution in [2.75, 3.05) is 5.73 Å². The molecule has 0 aliphatic carbocycles. The number of H-pyrrole nitrogens is 1. The van der Waals surface area contributed by atoms with Crippen LogP contribution in [0.1, 0.15) is 11.3 Å². The molecular formula is C10H10ClN3. The lowest BCUT2D eigenvalue weighted by atomic mass is 10.1. The van der Waals surface area contributed by atoms with Crippen LogP contribution in [0.25, 0.3) is 0 Å². The number of anilines is 1. The largest absolute Gasteiger partial charge is 0.398 e. The zero-order valence-electron chi connectivity index (χ0n) is 7.50. The fourth-order valence-corrected chi connectivity index (χ4v) is 1.50. The summed E-state index contributed by atoms with van der Waals surface area (Å²) in [6.07, 6.45) is 2.48. The third kappa shape index (κ3) is 1.88. The highest BCUT2D eigenvalue weighted by Gasteiger charge is 2.02. The molecule has 0 saturated heterocycles. The van der Waals surface area contributed by atoms with Crippen molar-refractivity contribution in [2.24, 2.45) is 0 Å². The van der Waals surface area contributed by atoms with Crippen LogP contribution in [-0.2, 0) is 6.42 Å². The van der Waals surface area contributed by atoms with Crippen LogP contribution in [0.5, 0.6) is 0 Å². The van der Waals surface area contributed by atoms with Gasteiger partial charge in [0.25, 0.3) is 0 Å². The number of benzene rings is 1. The average Bonchev–Trinajstić information content (AvgIpc) is 2.62. The van der Waals surface area contributed by atoms with E-state index in [-0.39, 0.29) is 0 Å². The summed E-state index contributed by atoms with van der Waals surface area (Å²) in [5.74, 6) is 0. The van der Waals surface area contributed by atoms with Gasteiger partial charge in [0.15, 0.2) is 0 Å². The number of rotatable bonds is 2. The maximum atomic E-state index is 5.82. The average molecular weight is 208 g/mol. The number of nitrogens with two attached hydrogens (primary N) is 1. The first-order valence-electron chi connectivity index (χ1n) is 4.28. The van der Waals surface area contributed by atoms with E-state index in [1.54, 1.807) is 12.3 Å². The van der Waals surface area contributed by atoms with Gasteiger partial charge in [0.2, 0.25) is 0 Å². The Morgan fingerprint density at radius 2 is 2.21 bits per heavy atom.